The Morgan fingerprint density at radius 1 is 1.47 bits per heavy atom. The number of nitrogens with two attached hydrogens (primary N) is 1. The molecule has 0 radical (unpaired) electrons. The van der Waals surface area contributed by atoms with Gasteiger partial charge in [-0.25, -0.2) is 0 Å². The van der Waals surface area contributed by atoms with Crippen molar-refractivity contribution in [1.29, 1.82) is 0 Å². The van der Waals surface area contributed by atoms with Crippen molar-refractivity contribution in [2.75, 3.05) is 6.61 Å². The van der Waals surface area contributed by atoms with Crippen LogP contribution in [0.4, 0.5) is 0 Å². The molecule has 0 amide bonds. The lowest BCUT2D eigenvalue weighted by atomic mass is 10.1. The zero-order valence-corrected chi connectivity index (χ0v) is 11.4. The second kappa shape index (κ2) is 6.67. The van der Waals surface area contributed by atoms with Crippen molar-refractivity contribution < 1.29 is 4.74 Å². The lowest BCUT2D eigenvalue weighted by Gasteiger charge is -2.09. The van der Waals surface area contributed by atoms with Crippen molar-refractivity contribution in [2.24, 2.45) is 5.73 Å². The average molecular weight is 254 g/mol. The minimum absolute atomic E-state index is 0.142. The molecule has 0 bridgehead atoms. The SMILES string of the molecule is CC(C)=CCOc1ccc(CC(C)N)cc1Cl. The van der Waals surface area contributed by atoms with E-state index in [0.29, 0.717) is 11.6 Å². The highest BCUT2D eigenvalue weighted by atomic mass is 35.5. The van der Waals surface area contributed by atoms with Crippen molar-refractivity contribution in [1.82, 2.24) is 0 Å². The van der Waals surface area contributed by atoms with E-state index in [1.165, 1.54) is 5.57 Å². The zero-order valence-electron chi connectivity index (χ0n) is 10.7. The summed E-state index contributed by atoms with van der Waals surface area (Å²) in [6, 6.07) is 5.97. The van der Waals surface area contributed by atoms with Gasteiger partial charge in [-0.2, -0.15) is 0 Å². The molecule has 94 valence electrons. The Bertz CT molecular complexity index is 395. The fourth-order valence-corrected chi connectivity index (χ4v) is 1.72. The summed E-state index contributed by atoms with van der Waals surface area (Å²) in [5.41, 5.74) is 8.11. The molecular formula is C14H20ClNO. The standard InChI is InChI=1S/C14H20ClNO/c1-10(2)6-7-17-14-5-4-12(8-11(3)16)9-13(14)15/h4-6,9,11H,7-8,16H2,1-3H3. The fourth-order valence-electron chi connectivity index (χ4n) is 1.46. The molecule has 1 atom stereocenters. The number of hydrogen-bond acceptors (Lipinski definition) is 2. The van der Waals surface area contributed by atoms with E-state index in [4.69, 9.17) is 22.1 Å². The van der Waals surface area contributed by atoms with Crippen LogP contribution in [-0.4, -0.2) is 12.6 Å². The summed E-state index contributed by atoms with van der Waals surface area (Å²) in [4.78, 5) is 0. The number of rotatable bonds is 5. The number of halogens is 1. The molecule has 0 aliphatic heterocycles. The summed E-state index contributed by atoms with van der Waals surface area (Å²) in [7, 11) is 0. The minimum atomic E-state index is 0.142. The molecule has 0 aliphatic carbocycles. The topological polar surface area (TPSA) is 35.2 Å². The van der Waals surface area contributed by atoms with Crippen molar-refractivity contribution >= 4 is 11.6 Å². The summed E-state index contributed by atoms with van der Waals surface area (Å²) in [6.45, 7) is 6.61. The Hall–Kier alpha value is -0.990. The number of ether oxygens (including phenoxy) is 1. The van der Waals surface area contributed by atoms with Crippen LogP contribution < -0.4 is 10.5 Å². The van der Waals surface area contributed by atoms with Gasteiger partial charge in [-0.3, -0.25) is 0 Å². The van der Waals surface area contributed by atoms with Gasteiger partial charge in [0.25, 0.3) is 0 Å². The van der Waals surface area contributed by atoms with Gasteiger partial charge < -0.3 is 10.5 Å². The van der Waals surface area contributed by atoms with Crippen LogP contribution in [0, 0.1) is 0 Å². The number of hydrogen-bond donors (Lipinski definition) is 1. The van der Waals surface area contributed by atoms with Crippen LogP contribution in [0.2, 0.25) is 5.02 Å². The Labute approximate surface area is 108 Å². The van der Waals surface area contributed by atoms with Crippen molar-refractivity contribution in [3.05, 3.63) is 40.4 Å². The number of allylic oxidation sites excluding steroid dienone is 1. The molecule has 0 aliphatic rings. The molecule has 2 nitrogen and oxygen atoms in total. The molecule has 0 aromatic heterocycles. The molecule has 1 aromatic carbocycles. The van der Waals surface area contributed by atoms with E-state index in [9.17, 15) is 0 Å². The molecule has 3 heteroatoms. The molecule has 0 spiro atoms. The van der Waals surface area contributed by atoms with E-state index in [-0.39, 0.29) is 6.04 Å². The van der Waals surface area contributed by atoms with E-state index in [2.05, 4.69) is 0 Å². The Morgan fingerprint density at radius 2 is 2.18 bits per heavy atom. The van der Waals surface area contributed by atoms with Crippen molar-refractivity contribution in [2.45, 2.75) is 33.2 Å². The smallest absolute Gasteiger partial charge is 0.138 e. The van der Waals surface area contributed by atoms with Crippen LogP contribution in [-0.2, 0) is 6.42 Å². The van der Waals surface area contributed by atoms with Gasteiger partial charge in [0.15, 0.2) is 0 Å². The van der Waals surface area contributed by atoms with Gasteiger partial charge in [0.1, 0.15) is 12.4 Å². The normalized spacial score (nSPS) is 12.1. The van der Waals surface area contributed by atoms with E-state index in [1.54, 1.807) is 0 Å². The van der Waals surface area contributed by atoms with Gasteiger partial charge in [-0.15, -0.1) is 0 Å². The maximum Gasteiger partial charge on any atom is 0.138 e. The highest BCUT2D eigenvalue weighted by Crippen LogP contribution is 2.25. The van der Waals surface area contributed by atoms with E-state index < -0.39 is 0 Å². The minimum Gasteiger partial charge on any atom is -0.488 e. The maximum absolute atomic E-state index is 6.14. The molecule has 1 unspecified atom stereocenters. The van der Waals surface area contributed by atoms with Gasteiger partial charge in [0.05, 0.1) is 5.02 Å². The number of benzene rings is 1. The van der Waals surface area contributed by atoms with Gasteiger partial charge in [0.2, 0.25) is 0 Å². The summed E-state index contributed by atoms with van der Waals surface area (Å²) in [5.74, 6) is 0.720. The first kappa shape index (κ1) is 14.1. The Kier molecular flexibility index (Phi) is 5.52. The van der Waals surface area contributed by atoms with E-state index >= 15 is 0 Å². The molecule has 0 fully saturated rings. The van der Waals surface area contributed by atoms with Crippen LogP contribution in [0.1, 0.15) is 26.3 Å². The van der Waals surface area contributed by atoms with Crippen molar-refractivity contribution in [3.8, 4) is 5.75 Å². The molecule has 1 aromatic rings. The highest BCUT2D eigenvalue weighted by Gasteiger charge is 2.04. The zero-order chi connectivity index (χ0) is 12.8. The van der Waals surface area contributed by atoms with E-state index in [0.717, 1.165) is 17.7 Å². The molecule has 0 heterocycles. The predicted molar refractivity (Wildman–Crippen MR) is 73.7 cm³/mol. The van der Waals surface area contributed by atoms with Gasteiger partial charge in [-0.1, -0.05) is 23.2 Å². The lowest BCUT2D eigenvalue weighted by Crippen LogP contribution is -2.17. The lowest BCUT2D eigenvalue weighted by molar-refractivity contribution is 0.362. The molecule has 0 saturated heterocycles. The van der Waals surface area contributed by atoms with Gasteiger partial charge in [0, 0.05) is 6.04 Å². The first-order valence-corrected chi connectivity index (χ1v) is 6.17. The van der Waals surface area contributed by atoms with Crippen LogP contribution in [0.25, 0.3) is 0 Å². The Balaban J connectivity index is 2.66. The molecule has 17 heavy (non-hydrogen) atoms. The second-order valence-corrected chi connectivity index (χ2v) is 4.95. The van der Waals surface area contributed by atoms with E-state index in [1.807, 2.05) is 45.0 Å². The van der Waals surface area contributed by atoms with Crippen molar-refractivity contribution in [3.63, 3.8) is 0 Å². The third-order valence-electron chi connectivity index (χ3n) is 2.28. The predicted octanol–water partition coefficient (Wildman–Crippen LogP) is 3.57. The molecular weight excluding hydrogens is 234 g/mol. The third-order valence-corrected chi connectivity index (χ3v) is 2.58. The largest absolute Gasteiger partial charge is 0.488 e. The molecule has 0 saturated carbocycles. The monoisotopic (exact) mass is 253 g/mol. The third kappa shape index (κ3) is 5.24. The summed E-state index contributed by atoms with van der Waals surface area (Å²) < 4.78 is 5.57. The van der Waals surface area contributed by atoms with Crippen LogP contribution >= 0.6 is 11.6 Å². The molecule has 2 N–H and O–H groups in total. The quantitative estimate of drug-likeness (QED) is 0.815. The first-order chi connectivity index (χ1) is 7.99. The first-order valence-electron chi connectivity index (χ1n) is 5.79. The summed E-state index contributed by atoms with van der Waals surface area (Å²) in [5, 5.41) is 0.644. The van der Waals surface area contributed by atoms with Crippen LogP contribution in [0.5, 0.6) is 5.75 Å². The highest BCUT2D eigenvalue weighted by molar-refractivity contribution is 6.32. The second-order valence-electron chi connectivity index (χ2n) is 4.54. The summed E-state index contributed by atoms with van der Waals surface area (Å²) in [6.07, 6.45) is 2.85. The maximum atomic E-state index is 6.14. The van der Waals surface area contributed by atoms with Crippen LogP contribution in [0.3, 0.4) is 0 Å². The van der Waals surface area contributed by atoms with Gasteiger partial charge >= 0.3 is 0 Å². The summed E-state index contributed by atoms with van der Waals surface area (Å²) >= 11 is 6.14. The Morgan fingerprint density at radius 3 is 2.71 bits per heavy atom. The van der Waals surface area contributed by atoms with Gasteiger partial charge in [-0.05, 0) is 51.0 Å². The average Bonchev–Trinajstić information content (AvgIpc) is 2.20. The van der Waals surface area contributed by atoms with Crippen LogP contribution in [0.15, 0.2) is 29.8 Å². The fraction of sp³-hybridized carbons (Fsp3) is 0.429. The molecule has 1 rings (SSSR count).